The minimum atomic E-state index is 0.568. The van der Waals surface area contributed by atoms with Crippen LogP contribution in [0.1, 0.15) is 11.5 Å². The Bertz CT molecular complexity index is 520. The van der Waals surface area contributed by atoms with Gasteiger partial charge < -0.3 is 5.32 Å². The van der Waals surface area contributed by atoms with Gasteiger partial charge in [0.05, 0.1) is 18.4 Å². The SMILES string of the molecule is C#CCNCc1cnc(C)n1-c1ccccc1. The molecule has 1 N–H and O–H groups in total. The summed E-state index contributed by atoms with van der Waals surface area (Å²) < 4.78 is 2.13. The standard InChI is InChI=1S/C14H15N3/c1-3-9-15-10-14-11-16-12(2)17(14)13-7-5-4-6-8-13/h1,4-8,11,15H,9-10H2,2H3. The van der Waals surface area contributed by atoms with Crippen LogP contribution in [-0.4, -0.2) is 16.1 Å². The van der Waals surface area contributed by atoms with Crippen molar-refractivity contribution < 1.29 is 0 Å². The van der Waals surface area contributed by atoms with Crippen molar-refractivity contribution in [2.24, 2.45) is 0 Å². The third kappa shape index (κ3) is 2.55. The Morgan fingerprint density at radius 1 is 1.35 bits per heavy atom. The Labute approximate surface area is 102 Å². The highest BCUT2D eigenvalue weighted by atomic mass is 15.1. The molecule has 2 aromatic rings. The van der Waals surface area contributed by atoms with E-state index in [1.165, 1.54) is 0 Å². The molecule has 17 heavy (non-hydrogen) atoms. The van der Waals surface area contributed by atoms with Crippen molar-refractivity contribution in [2.75, 3.05) is 6.54 Å². The lowest BCUT2D eigenvalue weighted by Crippen LogP contribution is -2.16. The maximum absolute atomic E-state index is 5.21. The zero-order valence-corrected chi connectivity index (χ0v) is 9.85. The normalized spacial score (nSPS) is 10.1. The third-order valence-electron chi connectivity index (χ3n) is 2.56. The number of aromatic nitrogens is 2. The fraction of sp³-hybridized carbons (Fsp3) is 0.214. The van der Waals surface area contributed by atoms with Crippen molar-refractivity contribution in [3.05, 3.63) is 48.0 Å². The predicted molar refractivity (Wildman–Crippen MR) is 68.8 cm³/mol. The molecule has 0 aliphatic heterocycles. The van der Waals surface area contributed by atoms with Crippen LogP contribution in [0.25, 0.3) is 5.69 Å². The molecule has 1 aromatic heterocycles. The number of hydrogen-bond donors (Lipinski definition) is 1. The van der Waals surface area contributed by atoms with E-state index in [0.717, 1.165) is 23.8 Å². The molecule has 86 valence electrons. The van der Waals surface area contributed by atoms with Crippen LogP contribution in [0.2, 0.25) is 0 Å². The molecule has 0 aliphatic carbocycles. The maximum atomic E-state index is 5.21. The largest absolute Gasteiger partial charge is 0.301 e. The lowest BCUT2D eigenvalue weighted by Gasteiger charge is -2.10. The zero-order chi connectivity index (χ0) is 12.1. The van der Waals surface area contributed by atoms with Crippen molar-refractivity contribution in [1.29, 1.82) is 0 Å². The molecule has 0 fully saturated rings. The first-order chi connectivity index (χ1) is 8.33. The second-order valence-corrected chi connectivity index (χ2v) is 3.78. The number of hydrogen-bond acceptors (Lipinski definition) is 2. The monoisotopic (exact) mass is 225 g/mol. The summed E-state index contributed by atoms with van der Waals surface area (Å²) in [6.07, 6.45) is 7.09. The highest BCUT2D eigenvalue weighted by molar-refractivity contribution is 5.35. The summed E-state index contributed by atoms with van der Waals surface area (Å²) >= 11 is 0. The average molecular weight is 225 g/mol. The van der Waals surface area contributed by atoms with Gasteiger partial charge in [-0.2, -0.15) is 0 Å². The molecular formula is C14H15N3. The fourth-order valence-corrected chi connectivity index (χ4v) is 1.81. The number of terminal acetylenes is 1. The van der Waals surface area contributed by atoms with Crippen LogP contribution in [0.4, 0.5) is 0 Å². The van der Waals surface area contributed by atoms with Gasteiger partial charge in [0.25, 0.3) is 0 Å². The van der Waals surface area contributed by atoms with Gasteiger partial charge in [-0.05, 0) is 19.1 Å². The summed E-state index contributed by atoms with van der Waals surface area (Å²) in [4.78, 5) is 4.34. The lowest BCUT2D eigenvalue weighted by atomic mass is 10.3. The summed E-state index contributed by atoms with van der Waals surface area (Å²) in [6.45, 7) is 3.29. The van der Waals surface area contributed by atoms with E-state index in [1.807, 2.05) is 31.3 Å². The third-order valence-corrected chi connectivity index (χ3v) is 2.56. The molecule has 0 saturated heterocycles. The van der Waals surface area contributed by atoms with Gasteiger partial charge in [0, 0.05) is 12.2 Å². The van der Waals surface area contributed by atoms with Crippen LogP contribution in [0.15, 0.2) is 36.5 Å². The summed E-state index contributed by atoms with van der Waals surface area (Å²) in [6, 6.07) is 10.2. The summed E-state index contributed by atoms with van der Waals surface area (Å²) in [5.41, 5.74) is 2.24. The molecule has 1 aromatic carbocycles. The van der Waals surface area contributed by atoms with Crippen LogP contribution in [0.5, 0.6) is 0 Å². The quantitative estimate of drug-likeness (QED) is 0.636. The van der Waals surface area contributed by atoms with E-state index >= 15 is 0 Å². The van der Waals surface area contributed by atoms with Gasteiger partial charge in [0.1, 0.15) is 5.82 Å². The summed E-state index contributed by atoms with van der Waals surface area (Å²) in [5.74, 6) is 3.54. The van der Waals surface area contributed by atoms with Gasteiger partial charge in [-0.3, -0.25) is 4.57 Å². The first-order valence-corrected chi connectivity index (χ1v) is 5.55. The minimum Gasteiger partial charge on any atom is -0.301 e. The van der Waals surface area contributed by atoms with Crippen LogP contribution in [-0.2, 0) is 6.54 Å². The number of nitrogens with one attached hydrogen (secondary N) is 1. The summed E-state index contributed by atoms with van der Waals surface area (Å²) in [5, 5.41) is 3.18. The molecular weight excluding hydrogens is 210 g/mol. The smallest absolute Gasteiger partial charge is 0.110 e. The number of imidazole rings is 1. The fourth-order valence-electron chi connectivity index (χ4n) is 1.81. The number of para-hydroxylation sites is 1. The van der Waals surface area contributed by atoms with Crippen molar-refractivity contribution in [3.8, 4) is 18.0 Å². The van der Waals surface area contributed by atoms with E-state index in [1.54, 1.807) is 0 Å². The number of rotatable bonds is 4. The first kappa shape index (κ1) is 11.4. The first-order valence-electron chi connectivity index (χ1n) is 5.55. The Morgan fingerprint density at radius 3 is 2.82 bits per heavy atom. The van der Waals surface area contributed by atoms with E-state index in [0.29, 0.717) is 6.54 Å². The van der Waals surface area contributed by atoms with E-state index in [-0.39, 0.29) is 0 Å². The second-order valence-electron chi connectivity index (χ2n) is 3.78. The molecule has 0 spiro atoms. The Balaban J connectivity index is 2.27. The van der Waals surface area contributed by atoms with Crippen molar-refractivity contribution in [3.63, 3.8) is 0 Å². The Kier molecular flexibility index (Phi) is 3.59. The molecule has 0 amide bonds. The molecule has 0 bridgehead atoms. The number of aryl methyl sites for hydroxylation is 1. The molecule has 2 rings (SSSR count). The Hall–Kier alpha value is -2.05. The molecule has 3 heteroatoms. The topological polar surface area (TPSA) is 29.9 Å². The van der Waals surface area contributed by atoms with E-state index in [4.69, 9.17) is 6.42 Å². The summed E-state index contributed by atoms with van der Waals surface area (Å²) in [7, 11) is 0. The van der Waals surface area contributed by atoms with Gasteiger partial charge in [-0.1, -0.05) is 24.1 Å². The second kappa shape index (κ2) is 5.33. The van der Waals surface area contributed by atoms with Crippen LogP contribution in [0.3, 0.4) is 0 Å². The van der Waals surface area contributed by atoms with Crippen molar-refractivity contribution in [1.82, 2.24) is 14.9 Å². The van der Waals surface area contributed by atoms with Crippen molar-refractivity contribution in [2.45, 2.75) is 13.5 Å². The molecule has 0 unspecified atom stereocenters. The van der Waals surface area contributed by atoms with E-state index in [2.05, 4.69) is 32.9 Å². The zero-order valence-electron chi connectivity index (χ0n) is 9.85. The van der Waals surface area contributed by atoms with Crippen molar-refractivity contribution >= 4 is 0 Å². The van der Waals surface area contributed by atoms with Crippen LogP contribution in [0, 0.1) is 19.3 Å². The number of nitrogens with zero attached hydrogens (tertiary/aromatic N) is 2. The maximum Gasteiger partial charge on any atom is 0.110 e. The molecule has 0 aliphatic rings. The number of benzene rings is 1. The average Bonchev–Trinajstić information content (AvgIpc) is 2.72. The molecule has 3 nitrogen and oxygen atoms in total. The predicted octanol–water partition coefficient (Wildman–Crippen LogP) is 1.90. The van der Waals surface area contributed by atoms with Crippen LogP contribution >= 0.6 is 0 Å². The van der Waals surface area contributed by atoms with Gasteiger partial charge in [0.15, 0.2) is 0 Å². The van der Waals surface area contributed by atoms with Gasteiger partial charge in [0.2, 0.25) is 0 Å². The van der Waals surface area contributed by atoms with E-state index in [9.17, 15) is 0 Å². The van der Waals surface area contributed by atoms with E-state index < -0.39 is 0 Å². The van der Waals surface area contributed by atoms with Gasteiger partial charge in [-0.25, -0.2) is 4.98 Å². The van der Waals surface area contributed by atoms with Crippen LogP contribution < -0.4 is 5.32 Å². The Morgan fingerprint density at radius 2 is 2.12 bits per heavy atom. The molecule has 0 radical (unpaired) electrons. The molecule has 1 heterocycles. The highest BCUT2D eigenvalue weighted by Crippen LogP contribution is 2.13. The minimum absolute atomic E-state index is 0.568. The van der Waals surface area contributed by atoms with Gasteiger partial charge >= 0.3 is 0 Å². The van der Waals surface area contributed by atoms with Gasteiger partial charge in [-0.15, -0.1) is 6.42 Å². The lowest BCUT2D eigenvalue weighted by molar-refractivity contribution is 0.728. The molecule has 0 atom stereocenters. The molecule has 0 saturated carbocycles. The highest BCUT2D eigenvalue weighted by Gasteiger charge is 2.07.